The maximum atomic E-state index is 12.1. The summed E-state index contributed by atoms with van der Waals surface area (Å²) in [6, 6.07) is 0. The van der Waals surface area contributed by atoms with Crippen LogP contribution in [0.1, 0.15) is 27.7 Å². The second-order valence-electron chi connectivity index (χ2n) is 7.31. The van der Waals surface area contributed by atoms with E-state index < -0.39 is 5.60 Å². The van der Waals surface area contributed by atoms with Gasteiger partial charge in [-0.1, -0.05) is 11.3 Å². The quantitative estimate of drug-likeness (QED) is 0.768. The number of tetrazole rings is 1. The zero-order valence-corrected chi connectivity index (χ0v) is 16.7. The van der Waals surface area contributed by atoms with E-state index in [0.29, 0.717) is 32.0 Å². The zero-order chi connectivity index (χ0) is 19.6. The maximum Gasteiger partial charge on any atom is 0.410 e. The number of amides is 1. The van der Waals surface area contributed by atoms with Gasteiger partial charge in [0.1, 0.15) is 12.1 Å². The monoisotopic (exact) mass is 393 g/mol. The Bertz CT molecular complexity index is 818. The summed E-state index contributed by atoms with van der Waals surface area (Å²) in [5, 5.41) is 12.9. The highest BCUT2D eigenvalue weighted by Crippen LogP contribution is 2.29. The van der Waals surface area contributed by atoms with Crippen molar-refractivity contribution in [3.05, 3.63) is 6.20 Å². The van der Waals surface area contributed by atoms with E-state index in [0.717, 1.165) is 10.0 Å². The summed E-state index contributed by atoms with van der Waals surface area (Å²) in [5.41, 5.74) is -0.495. The molecular weight excluding hydrogens is 370 g/mol. The molecule has 1 fully saturated rings. The maximum absolute atomic E-state index is 12.1. The van der Waals surface area contributed by atoms with Gasteiger partial charge >= 0.3 is 6.09 Å². The minimum atomic E-state index is -0.495. The van der Waals surface area contributed by atoms with Crippen LogP contribution < -0.4 is 4.90 Å². The van der Waals surface area contributed by atoms with E-state index in [-0.39, 0.29) is 18.4 Å². The molecule has 3 rings (SSSR count). The van der Waals surface area contributed by atoms with Crippen molar-refractivity contribution in [3.8, 4) is 10.7 Å². The highest BCUT2D eigenvalue weighted by Gasteiger charge is 2.27. The molecular formula is C16H23N7O3S. The van der Waals surface area contributed by atoms with Gasteiger partial charge in [-0.25, -0.2) is 9.78 Å². The first kappa shape index (κ1) is 19.2. The molecule has 1 aliphatic rings. The molecule has 1 amide bonds. The predicted molar refractivity (Wildman–Crippen MR) is 99.6 cm³/mol. The van der Waals surface area contributed by atoms with Gasteiger partial charge in [0.15, 0.2) is 10.9 Å². The van der Waals surface area contributed by atoms with Gasteiger partial charge in [-0.15, -0.1) is 10.2 Å². The Morgan fingerprint density at radius 2 is 1.93 bits per heavy atom. The average molecular weight is 393 g/mol. The number of nitrogens with zero attached hydrogens (tertiary/aromatic N) is 7. The first-order chi connectivity index (χ1) is 12.7. The molecule has 10 nitrogen and oxygen atoms in total. The fourth-order valence-corrected chi connectivity index (χ4v) is 3.42. The van der Waals surface area contributed by atoms with E-state index in [4.69, 9.17) is 4.74 Å². The number of ketones is 1. The van der Waals surface area contributed by atoms with Crippen LogP contribution in [0.5, 0.6) is 0 Å². The highest BCUT2D eigenvalue weighted by atomic mass is 32.1. The van der Waals surface area contributed by atoms with Crippen molar-refractivity contribution in [1.82, 2.24) is 30.1 Å². The van der Waals surface area contributed by atoms with E-state index in [2.05, 4.69) is 25.3 Å². The summed E-state index contributed by atoms with van der Waals surface area (Å²) >= 11 is 1.46. The number of anilines is 1. The van der Waals surface area contributed by atoms with Crippen molar-refractivity contribution in [3.63, 3.8) is 0 Å². The molecule has 0 aliphatic carbocycles. The number of thiazole rings is 1. The van der Waals surface area contributed by atoms with Crippen molar-refractivity contribution in [2.45, 2.75) is 39.8 Å². The molecule has 0 unspecified atom stereocenters. The van der Waals surface area contributed by atoms with Crippen LogP contribution in [0.15, 0.2) is 6.20 Å². The smallest absolute Gasteiger partial charge is 0.410 e. The number of carbonyl (C=O) groups excluding carboxylic acids is 2. The van der Waals surface area contributed by atoms with Gasteiger partial charge in [-0.3, -0.25) is 4.79 Å². The van der Waals surface area contributed by atoms with Crippen LogP contribution in [-0.2, 0) is 16.1 Å². The standard InChI is InChI=1S/C16H23N7O3S/c1-11(24)10-23-19-13(18-20-23)12-9-17-14(27-12)21-5-7-22(8-6-21)15(25)26-16(2,3)4/h9H,5-8,10H2,1-4H3. The minimum absolute atomic E-state index is 0.0354. The summed E-state index contributed by atoms with van der Waals surface area (Å²) in [6.07, 6.45) is 1.42. The molecule has 11 heteroatoms. The largest absolute Gasteiger partial charge is 0.444 e. The third kappa shape index (κ3) is 5.00. The third-order valence-electron chi connectivity index (χ3n) is 3.73. The average Bonchev–Trinajstić information content (AvgIpc) is 3.22. The number of Topliss-reactive ketones (excluding diaryl/α,β-unsaturated/α-hetero) is 1. The van der Waals surface area contributed by atoms with Gasteiger partial charge in [-0.2, -0.15) is 4.80 Å². The number of hydrogen-bond acceptors (Lipinski definition) is 9. The minimum Gasteiger partial charge on any atom is -0.444 e. The van der Waals surface area contributed by atoms with Crippen LogP contribution in [0.3, 0.4) is 0 Å². The van der Waals surface area contributed by atoms with Crippen molar-refractivity contribution in [2.24, 2.45) is 0 Å². The van der Waals surface area contributed by atoms with E-state index in [1.807, 2.05) is 20.8 Å². The highest BCUT2D eigenvalue weighted by molar-refractivity contribution is 7.18. The summed E-state index contributed by atoms with van der Waals surface area (Å²) in [7, 11) is 0. The number of aromatic nitrogens is 5. The van der Waals surface area contributed by atoms with Gasteiger partial charge in [0.2, 0.25) is 5.82 Å². The van der Waals surface area contributed by atoms with Gasteiger partial charge in [0.05, 0.1) is 11.1 Å². The molecule has 27 heavy (non-hydrogen) atoms. The molecule has 2 aromatic heterocycles. The Kier molecular flexibility index (Phi) is 5.40. The lowest BCUT2D eigenvalue weighted by Crippen LogP contribution is -2.50. The molecule has 146 valence electrons. The molecule has 0 aromatic carbocycles. The molecule has 0 saturated carbocycles. The lowest BCUT2D eigenvalue weighted by Gasteiger charge is -2.35. The third-order valence-corrected chi connectivity index (χ3v) is 4.79. The Labute approximate surface area is 161 Å². The van der Waals surface area contributed by atoms with Crippen LogP contribution in [0.2, 0.25) is 0 Å². The first-order valence-electron chi connectivity index (χ1n) is 8.67. The molecule has 0 radical (unpaired) electrons. The summed E-state index contributed by atoms with van der Waals surface area (Å²) < 4.78 is 5.42. The zero-order valence-electron chi connectivity index (χ0n) is 15.9. The molecule has 1 saturated heterocycles. The van der Waals surface area contributed by atoms with Crippen molar-refractivity contribution in [2.75, 3.05) is 31.1 Å². The van der Waals surface area contributed by atoms with E-state index in [1.165, 1.54) is 23.1 Å². The second kappa shape index (κ2) is 7.59. The van der Waals surface area contributed by atoms with Crippen LogP contribution in [0.25, 0.3) is 10.7 Å². The molecule has 0 bridgehead atoms. The van der Waals surface area contributed by atoms with Crippen molar-refractivity contribution in [1.29, 1.82) is 0 Å². The van der Waals surface area contributed by atoms with Gasteiger partial charge in [0, 0.05) is 26.2 Å². The Morgan fingerprint density at radius 1 is 1.22 bits per heavy atom. The number of carbonyl (C=O) groups is 2. The normalized spacial score (nSPS) is 15.1. The predicted octanol–water partition coefficient (Wildman–Crippen LogP) is 1.44. The fraction of sp³-hybridized carbons (Fsp3) is 0.625. The molecule has 0 atom stereocenters. The lowest BCUT2D eigenvalue weighted by molar-refractivity contribution is -0.117. The Hall–Kier alpha value is -2.56. The van der Waals surface area contributed by atoms with Gasteiger partial charge in [-0.05, 0) is 32.9 Å². The first-order valence-corrected chi connectivity index (χ1v) is 9.49. The Morgan fingerprint density at radius 3 is 2.56 bits per heavy atom. The molecule has 0 spiro atoms. The van der Waals surface area contributed by atoms with Gasteiger partial charge in [0.25, 0.3) is 0 Å². The van der Waals surface area contributed by atoms with E-state index in [9.17, 15) is 9.59 Å². The second-order valence-corrected chi connectivity index (χ2v) is 8.32. The van der Waals surface area contributed by atoms with Crippen LogP contribution in [-0.4, -0.2) is 73.7 Å². The van der Waals surface area contributed by atoms with E-state index >= 15 is 0 Å². The van der Waals surface area contributed by atoms with E-state index in [1.54, 1.807) is 11.1 Å². The molecule has 0 N–H and O–H groups in total. The fourth-order valence-electron chi connectivity index (χ4n) is 2.53. The lowest BCUT2D eigenvalue weighted by atomic mass is 10.2. The summed E-state index contributed by atoms with van der Waals surface area (Å²) in [5.74, 6) is 0.416. The number of hydrogen-bond donors (Lipinski definition) is 0. The topological polar surface area (TPSA) is 106 Å². The molecule has 3 heterocycles. The van der Waals surface area contributed by atoms with Crippen molar-refractivity contribution < 1.29 is 14.3 Å². The number of piperazine rings is 1. The van der Waals surface area contributed by atoms with Gasteiger partial charge < -0.3 is 14.5 Å². The van der Waals surface area contributed by atoms with Crippen LogP contribution in [0.4, 0.5) is 9.93 Å². The summed E-state index contributed by atoms with van der Waals surface area (Å²) in [6.45, 7) is 9.67. The molecule has 1 aliphatic heterocycles. The number of ether oxygens (including phenoxy) is 1. The van der Waals surface area contributed by atoms with Crippen LogP contribution >= 0.6 is 11.3 Å². The van der Waals surface area contributed by atoms with Crippen LogP contribution in [0, 0.1) is 0 Å². The Balaban J connectivity index is 1.59. The molecule has 2 aromatic rings. The SMILES string of the molecule is CC(=O)Cn1nnc(-c2cnc(N3CCN(C(=O)OC(C)(C)C)CC3)s2)n1. The number of rotatable bonds is 4. The van der Waals surface area contributed by atoms with Crippen molar-refractivity contribution >= 4 is 28.3 Å². The summed E-state index contributed by atoms with van der Waals surface area (Å²) in [4.78, 5) is 33.6.